The molecular weight excluding hydrogens is 320 g/mol. The summed E-state index contributed by atoms with van der Waals surface area (Å²) in [5, 5.41) is 9.48. The van der Waals surface area contributed by atoms with Gasteiger partial charge in [-0.3, -0.25) is 4.79 Å². The van der Waals surface area contributed by atoms with Crippen molar-refractivity contribution in [3.63, 3.8) is 0 Å². The summed E-state index contributed by atoms with van der Waals surface area (Å²) in [5.74, 6) is 1.91. The first kappa shape index (κ1) is 15.1. The van der Waals surface area contributed by atoms with Crippen LogP contribution in [-0.2, 0) is 11.2 Å². The molecule has 3 aromatic rings. The number of hydrogen-bond donors (Lipinski definition) is 2. The molecule has 2 N–H and O–H groups in total. The third kappa shape index (κ3) is 2.73. The van der Waals surface area contributed by atoms with E-state index in [1.165, 1.54) is 5.56 Å². The van der Waals surface area contributed by atoms with Crippen LogP contribution in [0.5, 0.6) is 0 Å². The van der Waals surface area contributed by atoms with Crippen molar-refractivity contribution in [3.8, 4) is 0 Å². The molecule has 1 aromatic carbocycles. The number of carbonyl (C=O) groups is 1. The Morgan fingerprint density at radius 1 is 1.29 bits per heavy atom. The number of aryl methyl sites for hydroxylation is 1. The standard InChI is InChI=1S/C18H18N4OS/c1-2-15-21-17(13-7-8-24-18(13)22-15)19-10-11-9-16(23)20-14-6-4-3-5-12(11)14/h3-8,11H,2,9-10H2,1H3,(H,20,23)(H,19,21,22). The molecule has 1 amide bonds. The maximum atomic E-state index is 12.0. The fourth-order valence-electron chi connectivity index (χ4n) is 3.10. The van der Waals surface area contributed by atoms with Gasteiger partial charge in [0.2, 0.25) is 5.91 Å². The lowest BCUT2D eigenvalue weighted by Gasteiger charge is -2.26. The number of amides is 1. The van der Waals surface area contributed by atoms with E-state index in [-0.39, 0.29) is 11.8 Å². The number of anilines is 2. The quantitative estimate of drug-likeness (QED) is 0.759. The SMILES string of the molecule is CCc1nc(NCC2CC(=O)Nc3ccccc32)c2ccsc2n1. The van der Waals surface area contributed by atoms with Gasteiger partial charge in [0.1, 0.15) is 16.5 Å². The zero-order valence-electron chi connectivity index (χ0n) is 13.4. The molecule has 5 nitrogen and oxygen atoms in total. The Morgan fingerprint density at radius 2 is 2.17 bits per heavy atom. The maximum absolute atomic E-state index is 12.0. The lowest BCUT2D eigenvalue weighted by atomic mass is 9.90. The molecule has 24 heavy (non-hydrogen) atoms. The minimum Gasteiger partial charge on any atom is -0.369 e. The van der Waals surface area contributed by atoms with Crippen molar-refractivity contribution in [1.29, 1.82) is 0 Å². The third-order valence-electron chi connectivity index (χ3n) is 4.31. The largest absolute Gasteiger partial charge is 0.369 e. The molecule has 0 aliphatic carbocycles. The Balaban J connectivity index is 1.62. The highest BCUT2D eigenvalue weighted by molar-refractivity contribution is 7.16. The van der Waals surface area contributed by atoms with E-state index in [1.807, 2.05) is 29.6 Å². The van der Waals surface area contributed by atoms with E-state index in [0.29, 0.717) is 13.0 Å². The second-order valence-corrected chi connectivity index (χ2v) is 6.79. The molecule has 0 spiro atoms. The van der Waals surface area contributed by atoms with E-state index < -0.39 is 0 Å². The third-order valence-corrected chi connectivity index (χ3v) is 5.12. The smallest absolute Gasteiger partial charge is 0.225 e. The van der Waals surface area contributed by atoms with Crippen LogP contribution in [0, 0.1) is 0 Å². The van der Waals surface area contributed by atoms with Gasteiger partial charge < -0.3 is 10.6 Å². The summed E-state index contributed by atoms with van der Waals surface area (Å²) >= 11 is 1.63. The topological polar surface area (TPSA) is 66.9 Å². The fourth-order valence-corrected chi connectivity index (χ4v) is 3.88. The number of para-hydroxylation sites is 1. The van der Waals surface area contributed by atoms with Gasteiger partial charge in [-0.1, -0.05) is 25.1 Å². The van der Waals surface area contributed by atoms with E-state index in [0.717, 1.165) is 34.0 Å². The first-order valence-electron chi connectivity index (χ1n) is 8.11. The van der Waals surface area contributed by atoms with Crippen molar-refractivity contribution < 1.29 is 4.79 Å². The Bertz CT molecular complexity index is 905. The van der Waals surface area contributed by atoms with Crippen LogP contribution < -0.4 is 10.6 Å². The number of rotatable bonds is 4. The molecule has 1 aliphatic heterocycles. The normalized spacial score (nSPS) is 16.7. The minimum absolute atomic E-state index is 0.0677. The average molecular weight is 338 g/mol. The number of nitrogens with zero attached hydrogens (tertiary/aromatic N) is 2. The van der Waals surface area contributed by atoms with Crippen LogP contribution in [-0.4, -0.2) is 22.4 Å². The average Bonchev–Trinajstić information content (AvgIpc) is 3.07. The van der Waals surface area contributed by atoms with Gasteiger partial charge in [0, 0.05) is 31.0 Å². The van der Waals surface area contributed by atoms with Crippen LogP contribution in [0.3, 0.4) is 0 Å². The zero-order chi connectivity index (χ0) is 16.5. The summed E-state index contributed by atoms with van der Waals surface area (Å²) in [6, 6.07) is 10.0. The van der Waals surface area contributed by atoms with Crippen molar-refractivity contribution in [2.75, 3.05) is 17.2 Å². The second-order valence-electron chi connectivity index (χ2n) is 5.90. The highest BCUT2D eigenvalue weighted by Crippen LogP contribution is 2.33. The molecule has 0 radical (unpaired) electrons. The predicted octanol–water partition coefficient (Wildman–Crippen LogP) is 3.79. The van der Waals surface area contributed by atoms with Crippen molar-refractivity contribution in [2.45, 2.75) is 25.7 Å². The molecule has 0 saturated carbocycles. The number of hydrogen-bond acceptors (Lipinski definition) is 5. The number of aromatic nitrogens is 2. The Kier molecular flexibility index (Phi) is 3.90. The van der Waals surface area contributed by atoms with Gasteiger partial charge >= 0.3 is 0 Å². The van der Waals surface area contributed by atoms with E-state index in [2.05, 4.69) is 33.6 Å². The van der Waals surface area contributed by atoms with Crippen LogP contribution in [0.15, 0.2) is 35.7 Å². The molecule has 1 unspecified atom stereocenters. The summed E-state index contributed by atoms with van der Waals surface area (Å²) in [6.45, 7) is 2.73. The Labute approximate surface area is 144 Å². The minimum atomic E-state index is 0.0677. The number of fused-ring (bicyclic) bond motifs is 2. The van der Waals surface area contributed by atoms with Gasteiger partial charge in [-0.2, -0.15) is 0 Å². The molecule has 4 rings (SSSR count). The maximum Gasteiger partial charge on any atom is 0.225 e. The summed E-state index contributed by atoms with van der Waals surface area (Å²) < 4.78 is 0. The number of thiophene rings is 1. The van der Waals surface area contributed by atoms with Crippen LogP contribution in [0.25, 0.3) is 10.2 Å². The van der Waals surface area contributed by atoms with Gasteiger partial charge in [-0.25, -0.2) is 9.97 Å². The van der Waals surface area contributed by atoms with E-state index >= 15 is 0 Å². The number of carbonyl (C=O) groups excluding carboxylic acids is 1. The molecule has 0 fully saturated rings. The van der Waals surface area contributed by atoms with Crippen molar-refractivity contribution in [1.82, 2.24) is 9.97 Å². The molecule has 6 heteroatoms. The fraction of sp³-hybridized carbons (Fsp3) is 0.278. The molecule has 0 bridgehead atoms. The summed E-state index contributed by atoms with van der Waals surface area (Å²) in [6.07, 6.45) is 1.29. The molecule has 0 saturated heterocycles. The second kappa shape index (κ2) is 6.20. The molecule has 2 aromatic heterocycles. The van der Waals surface area contributed by atoms with Gasteiger partial charge in [0.25, 0.3) is 0 Å². The lowest BCUT2D eigenvalue weighted by molar-refractivity contribution is -0.116. The first-order valence-corrected chi connectivity index (χ1v) is 8.99. The molecule has 122 valence electrons. The predicted molar refractivity (Wildman–Crippen MR) is 97.7 cm³/mol. The Morgan fingerprint density at radius 3 is 3.04 bits per heavy atom. The summed E-state index contributed by atoms with van der Waals surface area (Å²) in [5.41, 5.74) is 2.09. The number of benzene rings is 1. The summed E-state index contributed by atoms with van der Waals surface area (Å²) in [4.78, 5) is 22.2. The van der Waals surface area contributed by atoms with Crippen LogP contribution in [0.1, 0.15) is 30.7 Å². The number of nitrogens with one attached hydrogen (secondary N) is 2. The van der Waals surface area contributed by atoms with Crippen LogP contribution in [0.2, 0.25) is 0 Å². The van der Waals surface area contributed by atoms with Crippen molar-refractivity contribution in [3.05, 3.63) is 47.1 Å². The van der Waals surface area contributed by atoms with Crippen molar-refractivity contribution >= 4 is 39.0 Å². The van der Waals surface area contributed by atoms with Gasteiger partial charge in [0.05, 0.1) is 5.39 Å². The molecular formula is C18H18N4OS. The highest BCUT2D eigenvalue weighted by atomic mass is 32.1. The lowest BCUT2D eigenvalue weighted by Crippen LogP contribution is -2.27. The highest BCUT2D eigenvalue weighted by Gasteiger charge is 2.24. The van der Waals surface area contributed by atoms with Crippen LogP contribution >= 0.6 is 11.3 Å². The van der Waals surface area contributed by atoms with E-state index in [1.54, 1.807) is 11.3 Å². The Hall–Kier alpha value is -2.47. The summed E-state index contributed by atoms with van der Waals surface area (Å²) in [7, 11) is 0. The van der Waals surface area contributed by atoms with E-state index in [4.69, 9.17) is 0 Å². The molecule has 1 aliphatic rings. The monoisotopic (exact) mass is 338 g/mol. The molecule has 3 heterocycles. The zero-order valence-corrected chi connectivity index (χ0v) is 14.2. The molecule has 1 atom stereocenters. The van der Waals surface area contributed by atoms with Gasteiger partial charge in [-0.15, -0.1) is 11.3 Å². The van der Waals surface area contributed by atoms with Crippen molar-refractivity contribution in [2.24, 2.45) is 0 Å². The van der Waals surface area contributed by atoms with Gasteiger partial charge in [0.15, 0.2) is 0 Å². The van der Waals surface area contributed by atoms with Gasteiger partial charge in [-0.05, 0) is 23.1 Å². The first-order chi connectivity index (χ1) is 11.7. The van der Waals surface area contributed by atoms with Crippen LogP contribution in [0.4, 0.5) is 11.5 Å². The van der Waals surface area contributed by atoms with E-state index in [9.17, 15) is 4.79 Å².